The first-order valence-electron chi connectivity index (χ1n) is 12.7. The molecule has 4 fully saturated rings. The number of hydrogen-bond acceptors (Lipinski definition) is 8. The molecule has 2 aromatic rings. The Kier molecular flexibility index (Phi) is 6.17. The molecule has 1 aliphatic heterocycles. The van der Waals surface area contributed by atoms with Crippen LogP contribution in [0.2, 0.25) is 5.02 Å². The maximum atomic E-state index is 13.2. The zero-order valence-corrected chi connectivity index (χ0v) is 21.0. The number of aliphatic hydroxyl groups excluding tert-OH is 2. The lowest BCUT2D eigenvalue weighted by Crippen LogP contribution is -2.67. The van der Waals surface area contributed by atoms with E-state index in [0.717, 1.165) is 0 Å². The van der Waals surface area contributed by atoms with E-state index in [-0.39, 0.29) is 31.1 Å². The SMILES string of the molecule is O=C(NC12CCC(c3nnc(C4CC(OC(F)(F)F)C4)o3)(CC1)C[C@@H]2O)C1CC(O)c2cc(Cl)ccc2O1. The molecule has 5 aliphatic rings. The number of amides is 1. The number of nitrogens with one attached hydrogen (secondary N) is 1. The number of fused-ring (bicyclic) bond motifs is 4. The number of ether oxygens (including phenoxy) is 2. The molecule has 3 N–H and O–H groups in total. The quantitative estimate of drug-likeness (QED) is 0.506. The van der Waals surface area contributed by atoms with Crippen LogP contribution >= 0.6 is 11.6 Å². The van der Waals surface area contributed by atoms with Crippen molar-refractivity contribution in [3.8, 4) is 5.75 Å². The Balaban J connectivity index is 1.09. The number of carbonyl (C=O) groups is 1. The second kappa shape index (κ2) is 9.07. The molecule has 1 amide bonds. The summed E-state index contributed by atoms with van der Waals surface area (Å²) < 4.78 is 53.0. The van der Waals surface area contributed by atoms with Gasteiger partial charge in [-0.1, -0.05) is 11.6 Å². The van der Waals surface area contributed by atoms with Gasteiger partial charge in [0.15, 0.2) is 6.10 Å². The summed E-state index contributed by atoms with van der Waals surface area (Å²) in [6, 6.07) is 4.86. The van der Waals surface area contributed by atoms with Crippen molar-refractivity contribution in [3.63, 3.8) is 0 Å². The largest absolute Gasteiger partial charge is 0.522 e. The van der Waals surface area contributed by atoms with Gasteiger partial charge in [-0.15, -0.1) is 23.4 Å². The van der Waals surface area contributed by atoms with E-state index in [2.05, 4.69) is 20.3 Å². The van der Waals surface area contributed by atoms with Crippen molar-refractivity contribution in [2.24, 2.45) is 0 Å². The van der Waals surface area contributed by atoms with Crippen LogP contribution in [0.3, 0.4) is 0 Å². The highest BCUT2D eigenvalue weighted by atomic mass is 35.5. The van der Waals surface area contributed by atoms with Crippen molar-refractivity contribution in [1.29, 1.82) is 0 Å². The molecule has 1 aromatic heterocycles. The van der Waals surface area contributed by atoms with Gasteiger partial charge in [0.2, 0.25) is 11.8 Å². The zero-order valence-electron chi connectivity index (χ0n) is 20.2. The Bertz CT molecular complexity index is 1230. The molecule has 1 aromatic carbocycles. The summed E-state index contributed by atoms with van der Waals surface area (Å²) >= 11 is 6.01. The molecule has 3 atom stereocenters. The molecule has 2 bridgehead atoms. The van der Waals surface area contributed by atoms with E-state index < -0.39 is 47.6 Å². The van der Waals surface area contributed by atoms with Crippen molar-refractivity contribution in [2.75, 3.05) is 0 Å². The molecule has 13 heteroatoms. The minimum atomic E-state index is -4.67. The summed E-state index contributed by atoms with van der Waals surface area (Å²) in [5.41, 5.74) is -0.866. The van der Waals surface area contributed by atoms with Crippen LogP contribution in [0, 0.1) is 0 Å². The third kappa shape index (κ3) is 4.55. The molecule has 4 saturated carbocycles. The number of aliphatic hydroxyl groups is 2. The summed E-state index contributed by atoms with van der Waals surface area (Å²) in [5.74, 6) is 0.366. The molecule has 0 radical (unpaired) electrons. The van der Waals surface area contributed by atoms with Crippen LogP contribution in [0.15, 0.2) is 22.6 Å². The van der Waals surface area contributed by atoms with E-state index in [4.69, 9.17) is 20.8 Å². The van der Waals surface area contributed by atoms with Gasteiger partial charge in [-0.05, 0) is 63.1 Å². The fourth-order valence-corrected chi connectivity index (χ4v) is 6.54. The van der Waals surface area contributed by atoms with Gasteiger partial charge < -0.3 is 24.7 Å². The minimum absolute atomic E-state index is 0.0656. The first kappa shape index (κ1) is 25.8. The number of hydrogen-bond donors (Lipinski definition) is 3. The predicted molar refractivity (Wildman–Crippen MR) is 124 cm³/mol. The fourth-order valence-electron chi connectivity index (χ4n) is 6.36. The van der Waals surface area contributed by atoms with Gasteiger partial charge in [0.25, 0.3) is 5.91 Å². The number of rotatable bonds is 5. The normalized spacial score (nSPS) is 36.2. The Morgan fingerprint density at radius 3 is 2.55 bits per heavy atom. The highest BCUT2D eigenvalue weighted by Crippen LogP contribution is 2.54. The van der Waals surface area contributed by atoms with Crippen LogP contribution in [0.1, 0.15) is 80.7 Å². The molecule has 9 nitrogen and oxygen atoms in total. The maximum Gasteiger partial charge on any atom is 0.522 e. The van der Waals surface area contributed by atoms with E-state index in [0.29, 0.717) is 54.3 Å². The summed E-state index contributed by atoms with van der Waals surface area (Å²) in [6.45, 7) is 0. The molecular weight excluding hydrogens is 531 g/mol. The summed E-state index contributed by atoms with van der Waals surface area (Å²) in [5, 5.41) is 33.4. The number of nitrogens with zero attached hydrogens (tertiary/aromatic N) is 2. The number of aromatic nitrogens is 2. The third-order valence-electron chi connectivity index (χ3n) is 8.66. The standard InChI is InChI=1S/C25H27ClF3N3O6/c26-13-1-2-17-15(9-13)16(33)10-18(36-17)20(35)30-24-5-3-23(4-6-24,11-19(24)34)22-32-31-21(37-22)12-7-14(8-12)38-25(27,28)29/h1-2,9,12,14,16,18-19,33-34H,3-8,10-11H2,(H,30,35)/t12?,14?,16?,18?,19-,23?,24?/m0/s1. The number of carbonyl (C=O) groups excluding carboxylic acids is 1. The van der Waals surface area contributed by atoms with Crippen molar-refractivity contribution < 1.29 is 42.1 Å². The van der Waals surface area contributed by atoms with E-state index in [1.807, 2.05) is 0 Å². The summed E-state index contributed by atoms with van der Waals surface area (Å²) in [7, 11) is 0. The Morgan fingerprint density at radius 2 is 1.87 bits per heavy atom. The molecule has 4 aliphatic carbocycles. The lowest BCUT2D eigenvalue weighted by atomic mass is 9.55. The van der Waals surface area contributed by atoms with Crippen molar-refractivity contribution in [1.82, 2.24) is 15.5 Å². The van der Waals surface area contributed by atoms with Gasteiger partial charge in [0.05, 0.1) is 29.3 Å². The topological polar surface area (TPSA) is 127 Å². The van der Waals surface area contributed by atoms with Crippen molar-refractivity contribution in [3.05, 3.63) is 40.6 Å². The molecule has 7 rings (SSSR count). The third-order valence-corrected chi connectivity index (χ3v) is 8.90. The van der Waals surface area contributed by atoms with Gasteiger partial charge >= 0.3 is 6.36 Å². The molecule has 38 heavy (non-hydrogen) atoms. The van der Waals surface area contributed by atoms with Crippen molar-refractivity contribution in [2.45, 2.75) is 99.0 Å². The van der Waals surface area contributed by atoms with E-state index >= 15 is 0 Å². The second-order valence-corrected chi connectivity index (χ2v) is 11.4. The minimum Gasteiger partial charge on any atom is -0.480 e. The molecule has 0 spiro atoms. The molecule has 0 saturated heterocycles. The fraction of sp³-hybridized carbons (Fsp3) is 0.640. The van der Waals surface area contributed by atoms with Crippen LogP contribution in [-0.2, 0) is 14.9 Å². The van der Waals surface area contributed by atoms with Gasteiger partial charge in [-0.25, -0.2) is 0 Å². The number of alkyl halides is 3. The van der Waals surface area contributed by atoms with Gasteiger partial charge in [-0.2, -0.15) is 0 Å². The smallest absolute Gasteiger partial charge is 0.480 e. The van der Waals surface area contributed by atoms with E-state index in [9.17, 15) is 28.2 Å². The van der Waals surface area contributed by atoms with Crippen LogP contribution < -0.4 is 10.1 Å². The lowest BCUT2D eigenvalue weighted by molar-refractivity contribution is -0.352. The van der Waals surface area contributed by atoms with E-state index in [1.165, 1.54) is 0 Å². The molecule has 2 unspecified atom stereocenters. The molecular formula is C25H27ClF3N3O6. The Labute approximate surface area is 220 Å². The first-order valence-corrected chi connectivity index (χ1v) is 13.1. The van der Waals surface area contributed by atoms with E-state index in [1.54, 1.807) is 18.2 Å². The average Bonchev–Trinajstić information content (AvgIpc) is 3.32. The zero-order chi connectivity index (χ0) is 26.9. The number of halogens is 4. The molecule has 2 heterocycles. The lowest BCUT2D eigenvalue weighted by Gasteiger charge is -2.55. The summed E-state index contributed by atoms with van der Waals surface area (Å²) in [4.78, 5) is 13.2. The van der Waals surface area contributed by atoms with Crippen LogP contribution in [0.5, 0.6) is 5.75 Å². The average molecular weight is 558 g/mol. The maximum absolute atomic E-state index is 13.2. The highest BCUT2D eigenvalue weighted by Gasteiger charge is 2.58. The first-order chi connectivity index (χ1) is 18.0. The van der Waals surface area contributed by atoms with Crippen LogP contribution in [-0.4, -0.2) is 56.5 Å². The second-order valence-electron chi connectivity index (χ2n) is 11.0. The van der Waals surface area contributed by atoms with Crippen molar-refractivity contribution >= 4 is 17.5 Å². The Hall–Kier alpha value is -2.41. The van der Waals surface area contributed by atoms with Gasteiger partial charge in [0.1, 0.15) is 5.75 Å². The van der Waals surface area contributed by atoms with Gasteiger partial charge in [0, 0.05) is 22.9 Å². The van der Waals surface area contributed by atoms with Crippen LogP contribution in [0.25, 0.3) is 0 Å². The monoisotopic (exact) mass is 557 g/mol. The molecule has 206 valence electrons. The highest BCUT2D eigenvalue weighted by molar-refractivity contribution is 6.30. The summed E-state index contributed by atoms with van der Waals surface area (Å²) in [6.07, 6.45) is -5.47. The Morgan fingerprint density at radius 1 is 1.13 bits per heavy atom. The number of benzene rings is 1. The van der Waals surface area contributed by atoms with Gasteiger partial charge in [-0.3, -0.25) is 9.53 Å². The predicted octanol–water partition coefficient (Wildman–Crippen LogP) is 3.82. The van der Waals surface area contributed by atoms with Crippen LogP contribution in [0.4, 0.5) is 13.2 Å².